The number of imidazole rings is 1. The van der Waals surface area contributed by atoms with Gasteiger partial charge in [0.2, 0.25) is 0 Å². The normalized spacial score (nSPS) is 16.7. The lowest BCUT2D eigenvalue weighted by atomic mass is 10.1. The average molecular weight is 267 g/mol. The number of benzene rings is 1. The van der Waals surface area contributed by atoms with E-state index in [0.717, 1.165) is 36.2 Å². The van der Waals surface area contributed by atoms with Crippen LogP contribution in [0.3, 0.4) is 0 Å². The molecule has 0 unspecified atom stereocenters. The van der Waals surface area contributed by atoms with Gasteiger partial charge in [0.15, 0.2) is 0 Å². The van der Waals surface area contributed by atoms with E-state index >= 15 is 0 Å². The maximum absolute atomic E-state index is 9.98. The van der Waals surface area contributed by atoms with Gasteiger partial charge in [0, 0.05) is 12.1 Å². The number of nitrogens with zero attached hydrogens (tertiary/aromatic N) is 2. The van der Waals surface area contributed by atoms with E-state index in [1.807, 2.05) is 6.07 Å². The summed E-state index contributed by atoms with van der Waals surface area (Å²) in [6.45, 7) is 3.05. The SMILES string of the molecule is Oc1ccc2[nH]cnc2c1CN1CCCCC1.[Cl-]. The highest BCUT2D eigenvalue weighted by Gasteiger charge is 2.15. The van der Waals surface area contributed by atoms with Crippen molar-refractivity contribution in [1.82, 2.24) is 14.9 Å². The lowest BCUT2D eigenvalue weighted by molar-refractivity contribution is -0.00000459. The first-order valence-electron chi connectivity index (χ1n) is 6.21. The van der Waals surface area contributed by atoms with E-state index in [1.54, 1.807) is 12.4 Å². The molecular formula is C13H17ClN3O-. The van der Waals surface area contributed by atoms with Crippen LogP contribution in [0.1, 0.15) is 24.8 Å². The Morgan fingerprint density at radius 1 is 1.22 bits per heavy atom. The van der Waals surface area contributed by atoms with E-state index in [0.29, 0.717) is 5.75 Å². The molecule has 18 heavy (non-hydrogen) atoms. The lowest BCUT2D eigenvalue weighted by Crippen LogP contribution is -3.00. The molecule has 2 heterocycles. The summed E-state index contributed by atoms with van der Waals surface area (Å²) >= 11 is 0. The van der Waals surface area contributed by atoms with Crippen LogP contribution in [0, 0.1) is 0 Å². The summed E-state index contributed by atoms with van der Waals surface area (Å²) in [7, 11) is 0. The number of hydrogen-bond donors (Lipinski definition) is 2. The van der Waals surface area contributed by atoms with Gasteiger partial charge in [0.1, 0.15) is 5.75 Å². The minimum Gasteiger partial charge on any atom is -1.00 e. The Morgan fingerprint density at radius 3 is 2.78 bits per heavy atom. The van der Waals surface area contributed by atoms with Gasteiger partial charge < -0.3 is 22.5 Å². The molecule has 0 atom stereocenters. The second kappa shape index (κ2) is 5.59. The van der Waals surface area contributed by atoms with Gasteiger partial charge >= 0.3 is 0 Å². The van der Waals surface area contributed by atoms with Crippen molar-refractivity contribution in [3.63, 3.8) is 0 Å². The number of aromatic nitrogens is 2. The van der Waals surface area contributed by atoms with Crippen LogP contribution in [0.2, 0.25) is 0 Å². The molecule has 1 fully saturated rings. The summed E-state index contributed by atoms with van der Waals surface area (Å²) in [6.07, 6.45) is 5.54. The Kier molecular flexibility index (Phi) is 4.09. The highest BCUT2D eigenvalue weighted by atomic mass is 35.5. The molecule has 0 spiro atoms. The molecule has 0 saturated carbocycles. The number of aromatic amines is 1. The smallest absolute Gasteiger partial charge is 0.122 e. The molecule has 1 aliphatic rings. The van der Waals surface area contributed by atoms with Crippen molar-refractivity contribution in [3.8, 4) is 5.75 Å². The molecule has 2 aromatic rings. The van der Waals surface area contributed by atoms with Gasteiger partial charge in [-0.15, -0.1) is 0 Å². The van der Waals surface area contributed by atoms with Crippen LogP contribution < -0.4 is 12.4 Å². The first kappa shape index (κ1) is 13.2. The molecule has 4 nitrogen and oxygen atoms in total. The van der Waals surface area contributed by atoms with Crippen molar-refractivity contribution in [1.29, 1.82) is 0 Å². The third-order valence-electron chi connectivity index (χ3n) is 3.50. The van der Waals surface area contributed by atoms with E-state index in [2.05, 4.69) is 14.9 Å². The zero-order chi connectivity index (χ0) is 11.7. The van der Waals surface area contributed by atoms with Gasteiger partial charge in [-0.25, -0.2) is 4.98 Å². The molecule has 5 heteroatoms. The number of hydrogen-bond acceptors (Lipinski definition) is 3. The highest BCUT2D eigenvalue weighted by molar-refractivity contribution is 5.80. The van der Waals surface area contributed by atoms with Crippen LogP contribution >= 0.6 is 0 Å². The summed E-state index contributed by atoms with van der Waals surface area (Å²) in [4.78, 5) is 9.78. The van der Waals surface area contributed by atoms with Gasteiger partial charge in [-0.3, -0.25) is 4.90 Å². The minimum absolute atomic E-state index is 0. The molecule has 0 aliphatic carbocycles. The van der Waals surface area contributed by atoms with E-state index < -0.39 is 0 Å². The molecule has 1 saturated heterocycles. The minimum atomic E-state index is 0. The van der Waals surface area contributed by atoms with Crippen LogP contribution in [0.4, 0.5) is 0 Å². The number of likely N-dealkylation sites (tertiary alicyclic amines) is 1. The van der Waals surface area contributed by atoms with Gasteiger partial charge in [0.05, 0.1) is 17.4 Å². The van der Waals surface area contributed by atoms with Gasteiger partial charge in [-0.05, 0) is 38.1 Å². The number of phenolic OH excluding ortho intramolecular Hbond substituents is 1. The molecule has 2 N–H and O–H groups in total. The Morgan fingerprint density at radius 2 is 2.00 bits per heavy atom. The van der Waals surface area contributed by atoms with Crippen molar-refractivity contribution >= 4 is 11.0 Å². The fourth-order valence-electron chi connectivity index (χ4n) is 2.55. The number of H-pyrrole nitrogens is 1. The summed E-state index contributed by atoms with van der Waals surface area (Å²) in [5.41, 5.74) is 2.84. The number of aromatic hydroxyl groups is 1. The molecule has 1 aromatic heterocycles. The second-order valence-corrected chi connectivity index (χ2v) is 4.70. The first-order chi connectivity index (χ1) is 8.34. The molecule has 0 amide bonds. The summed E-state index contributed by atoms with van der Waals surface area (Å²) in [6, 6.07) is 3.62. The first-order valence-corrected chi connectivity index (χ1v) is 6.21. The number of fused-ring (bicyclic) bond motifs is 1. The van der Waals surface area contributed by atoms with E-state index in [1.165, 1.54) is 19.3 Å². The van der Waals surface area contributed by atoms with Gasteiger partial charge in [0.25, 0.3) is 0 Å². The Balaban J connectivity index is 0.00000120. The molecule has 98 valence electrons. The number of halogens is 1. The monoisotopic (exact) mass is 266 g/mol. The second-order valence-electron chi connectivity index (χ2n) is 4.70. The van der Waals surface area contributed by atoms with Crippen LogP contribution in [-0.4, -0.2) is 33.1 Å². The van der Waals surface area contributed by atoms with Crippen LogP contribution in [0.5, 0.6) is 5.75 Å². The third-order valence-corrected chi connectivity index (χ3v) is 3.50. The highest BCUT2D eigenvalue weighted by Crippen LogP contribution is 2.27. The van der Waals surface area contributed by atoms with Crippen LogP contribution in [-0.2, 0) is 6.54 Å². The zero-order valence-corrected chi connectivity index (χ0v) is 11.0. The predicted molar refractivity (Wildman–Crippen MR) is 66.9 cm³/mol. The van der Waals surface area contributed by atoms with Crippen molar-refractivity contribution in [3.05, 3.63) is 24.0 Å². The predicted octanol–water partition coefficient (Wildman–Crippen LogP) is -0.742. The Labute approximate surface area is 112 Å². The summed E-state index contributed by atoms with van der Waals surface area (Å²) < 4.78 is 0. The molecule has 1 aliphatic heterocycles. The average Bonchev–Trinajstić information content (AvgIpc) is 2.83. The topological polar surface area (TPSA) is 52.1 Å². The number of nitrogens with one attached hydrogen (secondary N) is 1. The molecular weight excluding hydrogens is 250 g/mol. The number of piperidine rings is 1. The maximum atomic E-state index is 9.98. The van der Waals surface area contributed by atoms with E-state index in [-0.39, 0.29) is 12.4 Å². The fourth-order valence-corrected chi connectivity index (χ4v) is 2.55. The molecule has 0 bridgehead atoms. The maximum Gasteiger partial charge on any atom is 0.122 e. The Hall–Kier alpha value is -1.26. The van der Waals surface area contributed by atoms with Crippen molar-refractivity contribution in [2.45, 2.75) is 25.8 Å². The van der Waals surface area contributed by atoms with Crippen LogP contribution in [0.25, 0.3) is 11.0 Å². The molecule has 1 aromatic carbocycles. The fraction of sp³-hybridized carbons (Fsp3) is 0.462. The van der Waals surface area contributed by atoms with E-state index in [9.17, 15) is 5.11 Å². The summed E-state index contributed by atoms with van der Waals surface area (Å²) in [5.74, 6) is 0.357. The lowest BCUT2D eigenvalue weighted by Gasteiger charge is -2.26. The molecule has 3 rings (SSSR count). The van der Waals surface area contributed by atoms with Gasteiger partial charge in [-0.1, -0.05) is 6.42 Å². The quantitative estimate of drug-likeness (QED) is 0.753. The molecule has 0 radical (unpaired) electrons. The van der Waals surface area contributed by atoms with Crippen molar-refractivity contribution < 1.29 is 17.5 Å². The number of phenols is 1. The van der Waals surface area contributed by atoms with Crippen LogP contribution in [0.15, 0.2) is 18.5 Å². The third kappa shape index (κ3) is 2.44. The van der Waals surface area contributed by atoms with Crippen molar-refractivity contribution in [2.24, 2.45) is 0 Å². The van der Waals surface area contributed by atoms with Crippen molar-refractivity contribution in [2.75, 3.05) is 13.1 Å². The summed E-state index contributed by atoms with van der Waals surface area (Å²) in [5, 5.41) is 9.98. The van der Waals surface area contributed by atoms with E-state index in [4.69, 9.17) is 0 Å². The zero-order valence-electron chi connectivity index (χ0n) is 10.2. The standard InChI is InChI=1S/C13H17N3O.ClH/c17-12-5-4-11-13(15-9-14-11)10(12)8-16-6-2-1-3-7-16;/h4-5,9,17H,1-3,6-8H2,(H,14,15);1H/p-1. The Bertz CT molecular complexity index is 520. The number of rotatable bonds is 2. The largest absolute Gasteiger partial charge is 1.00 e. The van der Waals surface area contributed by atoms with Gasteiger partial charge in [-0.2, -0.15) is 0 Å².